The highest BCUT2D eigenvalue weighted by Crippen LogP contribution is 2.21. The van der Waals surface area contributed by atoms with Crippen molar-refractivity contribution in [3.63, 3.8) is 0 Å². The van der Waals surface area contributed by atoms with E-state index >= 15 is 0 Å². The number of aryl methyl sites for hydroxylation is 1. The highest BCUT2D eigenvalue weighted by atomic mass is 32.2. The number of benzene rings is 1. The van der Waals surface area contributed by atoms with E-state index in [0.29, 0.717) is 5.56 Å². The van der Waals surface area contributed by atoms with Crippen LogP contribution in [-0.4, -0.2) is 30.3 Å². The van der Waals surface area contributed by atoms with Crippen LogP contribution in [0.2, 0.25) is 0 Å². The highest BCUT2D eigenvalue weighted by molar-refractivity contribution is 7.89. The summed E-state index contributed by atoms with van der Waals surface area (Å²) in [5.74, 6) is -0.757. The summed E-state index contributed by atoms with van der Waals surface area (Å²) in [7, 11) is -0.751. The quantitative estimate of drug-likeness (QED) is 0.712. The second kappa shape index (κ2) is 7.22. The number of nitrogens with one attached hydrogen (secondary N) is 1. The fourth-order valence-corrected chi connectivity index (χ4v) is 3.49. The molecular weight excluding hydrogens is 359 g/mol. The number of hydrogen-bond acceptors (Lipinski definition) is 5. The van der Waals surface area contributed by atoms with Gasteiger partial charge in [0.2, 0.25) is 10.0 Å². The number of nitrogens with zero attached hydrogens (tertiary/aromatic N) is 3. The van der Waals surface area contributed by atoms with Gasteiger partial charge in [-0.2, -0.15) is 5.10 Å². The number of methoxy groups -OCH3 is 1. The average molecular weight is 376 g/mol. The smallest absolute Gasteiger partial charge is 0.240 e. The first kappa shape index (κ1) is 18.0. The third kappa shape index (κ3) is 3.73. The van der Waals surface area contributed by atoms with Crippen LogP contribution in [0.4, 0.5) is 4.39 Å². The second-order valence-corrected chi connectivity index (χ2v) is 7.31. The largest absolute Gasteiger partial charge is 0.494 e. The molecule has 0 radical (unpaired) electrons. The van der Waals surface area contributed by atoms with Gasteiger partial charge in [-0.15, -0.1) is 0 Å². The van der Waals surface area contributed by atoms with Gasteiger partial charge in [0.25, 0.3) is 0 Å². The van der Waals surface area contributed by atoms with Crippen LogP contribution in [0.25, 0.3) is 11.3 Å². The van der Waals surface area contributed by atoms with Gasteiger partial charge < -0.3 is 4.74 Å². The first-order valence-electron chi connectivity index (χ1n) is 7.66. The van der Waals surface area contributed by atoms with Gasteiger partial charge in [0.1, 0.15) is 0 Å². The van der Waals surface area contributed by atoms with Gasteiger partial charge in [-0.25, -0.2) is 17.5 Å². The van der Waals surface area contributed by atoms with E-state index in [1.54, 1.807) is 23.3 Å². The van der Waals surface area contributed by atoms with Crippen molar-refractivity contribution in [3.8, 4) is 17.0 Å². The highest BCUT2D eigenvalue weighted by Gasteiger charge is 2.16. The van der Waals surface area contributed by atoms with E-state index in [0.717, 1.165) is 17.3 Å². The molecule has 0 aliphatic carbocycles. The van der Waals surface area contributed by atoms with E-state index in [2.05, 4.69) is 14.8 Å². The van der Waals surface area contributed by atoms with E-state index in [-0.39, 0.29) is 17.2 Å². The lowest BCUT2D eigenvalue weighted by Gasteiger charge is -2.09. The average Bonchev–Trinajstić information content (AvgIpc) is 3.06. The van der Waals surface area contributed by atoms with Gasteiger partial charge in [0, 0.05) is 37.7 Å². The number of aromatic nitrogens is 3. The summed E-state index contributed by atoms with van der Waals surface area (Å²) >= 11 is 0. The summed E-state index contributed by atoms with van der Waals surface area (Å²) in [4.78, 5) is 3.96. The van der Waals surface area contributed by atoms with Gasteiger partial charge in [-0.05, 0) is 35.9 Å². The summed E-state index contributed by atoms with van der Waals surface area (Å²) < 4.78 is 47.4. The molecule has 26 heavy (non-hydrogen) atoms. The van der Waals surface area contributed by atoms with Crippen molar-refractivity contribution < 1.29 is 17.5 Å². The molecule has 0 aliphatic rings. The summed E-state index contributed by atoms with van der Waals surface area (Å²) in [6.45, 7) is 0.0225. The molecule has 7 nitrogen and oxygen atoms in total. The van der Waals surface area contributed by atoms with E-state index in [9.17, 15) is 12.8 Å². The standard InChI is InChI=1S/C17H17FN4O3S/c1-22-16(5-6-20-22)13-7-12(9-19-11-13)10-21-26(23,24)14-3-4-17(25-2)15(18)8-14/h3-9,11,21H,10H2,1-2H3. The monoisotopic (exact) mass is 376 g/mol. The Morgan fingerprint density at radius 3 is 2.69 bits per heavy atom. The zero-order valence-electron chi connectivity index (χ0n) is 14.2. The Bertz CT molecular complexity index is 1030. The maximum Gasteiger partial charge on any atom is 0.240 e. The minimum Gasteiger partial charge on any atom is -0.494 e. The fourth-order valence-electron chi connectivity index (χ4n) is 2.46. The van der Waals surface area contributed by atoms with Crippen molar-refractivity contribution in [2.75, 3.05) is 7.11 Å². The molecule has 0 atom stereocenters. The van der Waals surface area contributed by atoms with Crippen molar-refractivity contribution in [3.05, 3.63) is 60.3 Å². The minimum atomic E-state index is -3.87. The zero-order chi connectivity index (χ0) is 18.7. The Morgan fingerprint density at radius 2 is 2.04 bits per heavy atom. The lowest BCUT2D eigenvalue weighted by atomic mass is 10.1. The molecule has 0 spiro atoms. The molecule has 3 aromatic rings. The predicted molar refractivity (Wildman–Crippen MR) is 93.4 cm³/mol. The Kier molecular flexibility index (Phi) is 5.01. The van der Waals surface area contributed by atoms with Crippen LogP contribution in [0.5, 0.6) is 5.75 Å². The van der Waals surface area contributed by atoms with Crippen LogP contribution in [-0.2, 0) is 23.6 Å². The van der Waals surface area contributed by atoms with E-state index in [1.807, 2.05) is 19.2 Å². The SMILES string of the molecule is COc1ccc(S(=O)(=O)NCc2cncc(-c3ccnn3C)c2)cc1F. The Hall–Kier alpha value is -2.78. The summed E-state index contributed by atoms with van der Waals surface area (Å²) in [5, 5.41) is 4.10. The van der Waals surface area contributed by atoms with Gasteiger partial charge >= 0.3 is 0 Å². The molecule has 2 heterocycles. The molecule has 0 fully saturated rings. The fraction of sp³-hybridized carbons (Fsp3) is 0.176. The normalized spacial score (nSPS) is 11.5. The van der Waals surface area contributed by atoms with Crippen molar-refractivity contribution in [1.82, 2.24) is 19.5 Å². The topological polar surface area (TPSA) is 86.1 Å². The molecule has 0 amide bonds. The third-order valence-corrected chi connectivity index (χ3v) is 5.21. The van der Waals surface area contributed by atoms with E-state index in [1.165, 1.54) is 19.2 Å². The van der Waals surface area contributed by atoms with Gasteiger partial charge in [0.15, 0.2) is 11.6 Å². The molecule has 3 rings (SSSR count). The summed E-state index contributed by atoms with van der Waals surface area (Å²) in [6.07, 6.45) is 4.91. The number of hydrogen-bond donors (Lipinski definition) is 1. The number of halogens is 1. The first-order valence-corrected chi connectivity index (χ1v) is 9.14. The zero-order valence-corrected chi connectivity index (χ0v) is 15.0. The van der Waals surface area contributed by atoms with Crippen LogP contribution < -0.4 is 9.46 Å². The first-order chi connectivity index (χ1) is 12.4. The number of pyridine rings is 1. The number of sulfonamides is 1. The molecule has 1 N–H and O–H groups in total. The molecule has 0 unspecified atom stereocenters. The molecule has 0 aliphatic heterocycles. The Morgan fingerprint density at radius 1 is 1.23 bits per heavy atom. The predicted octanol–water partition coefficient (Wildman–Crippen LogP) is 2.11. The lowest BCUT2D eigenvalue weighted by Crippen LogP contribution is -2.23. The van der Waals surface area contributed by atoms with Crippen LogP contribution in [0.3, 0.4) is 0 Å². The molecule has 2 aromatic heterocycles. The lowest BCUT2D eigenvalue weighted by molar-refractivity contribution is 0.385. The molecule has 0 saturated carbocycles. The third-order valence-electron chi connectivity index (χ3n) is 3.81. The van der Waals surface area contributed by atoms with Crippen LogP contribution in [0.15, 0.2) is 53.8 Å². The Labute approximate surface area is 150 Å². The van der Waals surface area contributed by atoms with Crippen LogP contribution in [0, 0.1) is 5.82 Å². The van der Waals surface area contributed by atoms with Crippen molar-refractivity contribution >= 4 is 10.0 Å². The Balaban J connectivity index is 1.78. The number of ether oxygens (including phenoxy) is 1. The molecule has 1 aromatic carbocycles. The van der Waals surface area contributed by atoms with E-state index in [4.69, 9.17) is 4.74 Å². The van der Waals surface area contributed by atoms with Crippen molar-refractivity contribution in [2.45, 2.75) is 11.4 Å². The van der Waals surface area contributed by atoms with E-state index < -0.39 is 15.8 Å². The molecule has 9 heteroatoms. The second-order valence-electron chi connectivity index (χ2n) is 5.54. The number of rotatable bonds is 6. The summed E-state index contributed by atoms with van der Waals surface area (Å²) in [6, 6.07) is 7.14. The van der Waals surface area contributed by atoms with Crippen molar-refractivity contribution in [1.29, 1.82) is 0 Å². The minimum absolute atomic E-state index is 0.0166. The van der Waals surface area contributed by atoms with Gasteiger partial charge in [-0.1, -0.05) is 0 Å². The van der Waals surface area contributed by atoms with Gasteiger partial charge in [-0.3, -0.25) is 9.67 Å². The van der Waals surface area contributed by atoms with Crippen molar-refractivity contribution in [2.24, 2.45) is 7.05 Å². The molecule has 136 valence electrons. The van der Waals surface area contributed by atoms with Crippen LogP contribution >= 0.6 is 0 Å². The molecular formula is C17H17FN4O3S. The summed E-state index contributed by atoms with van der Waals surface area (Å²) in [5.41, 5.74) is 2.35. The maximum absolute atomic E-state index is 13.8. The van der Waals surface area contributed by atoms with Gasteiger partial charge in [0.05, 0.1) is 17.7 Å². The van der Waals surface area contributed by atoms with Crippen LogP contribution in [0.1, 0.15) is 5.56 Å². The molecule has 0 saturated heterocycles. The molecule has 0 bridgehead atoms. The maximum atomic E-state index is 13.8.